The van der Waals surface area contributed by atoms with Gasteiger partial charge in [0.2, 0.25) is 5.91 Å². The lowest BCUT2D eigenvalue weighted by atomic mass is 9.89. The summed E-state index contributed by atoms with van der Waals surface area (Å²) in [4.78, 5) is 13.3. The highest BCUT2D eigenvalue weighted by Gasteiger charge is 2.42. The Labute approximate surface area is 91.6 Å². The second-order valence-electron chi connectivity index (χ2n) is 4.40. The molecule has 0 aliphatic carbocycles. The van der Waals surface area contributed by atoms with Crippen molar-refractivity contribution in [3.8, 4) is 0 Å². The van der Waals surface area contributed by atoms with Gasteiger partial charge in [0.25, 0.3) is 0 Å². The van der Waals surface area contributed by atoms with Crippen LogP contribution in [0.4, 0.5) is 0 Å². The molecule has 2 N–H and O–H groups in total. The number of hydrogen-bond acceptors (Lipinski definition) is 3. The molecule has 0 aromatic rings. The standard InChI is InChI=1S/C11H22N2O2/c1-3-5-11(15)8-13(9-11)10(14)7-12-6-4-2/h12,15H,3-9H2,1-2H3. The normalized spacial score (nSPS) is 18.7. The first-order valence-corrected chi connectivity index (χ1v) is 5.82. The number of likely N-dealkylation sites (tertiary alicyclic amines) is 1. The molecule has 1 aliphatic heterocycles. The molecular weight excluding hydrogens is 192 g/mol. The van der Waals surface area contributed by atoms with Gasteiger partial charge in [-0.2, -0.15) is 0 Å². The highest BCUT2D eigenvalue weighted by atomic mass is 16.3. The lowest BCUT2D eigenvalue weighted by molar-refractivity contribution is -0.155. The number of aliphatic hydroxyl groups is 1. The molecule has 1 saturated heterocycles. The molecule has 1 aliphatic rings. The Morgan fingerprint density at radius 3 is 2.60 bits per heavy atom. The summed E-state index contributed by atoms with van der Waals surface area (Å²) in [5.74, 6) is 0.101. The molecule has 4 heteroatoms. The zero-order chi connectivity index (χ0) is 11.3. The van der Waals surface area contributed by atoms with Crippen LogP contribution in [0.5, 0.6) is 0 Å². The number of carbonyl (C=O) groups excluding carboxylic acids is 1. The fraction of sp³-hybridized carbons (Fsp3) is 0.909. The number of amides is 1. The fourth-order valence-corrected chi connectivity index (χ4v) is 1.95. The van der Waals surface area contributed by atoms with E-state index >= 15 is 0 Å². The maximum Gasteiger partial charge on any atom is 0.236 e. The second kappa shape index (κ2) is 5.47. The Morgan fingerprint density at radius 2 is 2.07 bits per heavy atom. The molecule has 0 radical (unpaired) electrons. The van der Waals surface area contributed by atoms with Crippen molar-refractivity contribution in [1.82, 2.24) is 10.2 Å². The smallest absolute Gasteiger partial charge is 0.236 e. The van der Waals surface area contributed by atoms with Crippen LogP contribution >= 0.6 is 0 Å². The van der Waals surface area contributed by atoms with Crippen molar-refractivity contribution in [2.75, 3.05) is 26.2 Å². The van der Waals surface area contributed by atoms with Gasteiger partial charge in [-0.25, -0.2) is 0 Å². The topological polar surface area (TPSA) is 52.6 Å². The summed E-state index contributed by atoms with van der Waals surface area (Å²) in [5.41, 5.74) is -0.602. The fourth-order valence-electron chi connectivity index (χ4n) is 1.95. The molecule has 0 aromatic heterocycles. The summed E-state index contributed by atoms with van der Waals surface area (Å²) in [5, 5.41) is 13.0. The average Bonchev–Trinajstić information content (AvgIpc) is 2.14. The summed E-state index contributed by atoms with van der Waals surface area (Å²) >= 11 is 0. The lowest BCUT2D eigenvalue weighted by Crippen LogP contribution is -2.64. The summed E-state index contributed by atoms with van der Waals surface area (Å²) < 4.78 is 0. The predicted octanol–water partition coefficient (Wildman–Crippen LogP) is 0.359. The van der Waals surface area contributed by atoms with Gasteiger partial charge >= 0.3 is 0 Å². The minimum absolute atomic E-state index is 0.101. The number of rotatable bonds is 6. The van der Waals surface area contributed by atoms with E-state index in [0.29, 0.717) is 19.6 Å². The molecule has 1 amide bonds. The van der Waals surface area contributed by atoms with Crippen molar-refractivity contribution >= 4 is 5.91 Å². The third kappa shape index (κ3) is 3.47. The van der Waals surface area contributed by atoms with Crippen LogP contribution in [0, 0.1) is 0 Å². The molecule has 0 bridgehead atoms. The predicted molar refractivity (Wildman–Crippen MR) is 59.6 cm³/mol. The van der Waals surface area contributed by atoms with Gasteiger partial charge in [0.15, 0.2) is 0 Å². The SMILES string of the molecule is CCCNCC(=O)N1CC(O)(CCC)C1. The zero-order valence-electron chi connectivity index (χ0n) is 9.75. The first kappa shape index (κ1) is 12.5. The summed E-state index contributed by atoms with van der Waals surface area (Å²) in [6.07, 6.45) is 2.79. The summed E-state index contributed by atoms with van der Waals surface area (Å²) in [6.45, 7) is 6.40. The van der Waals surface area contributed by atoms with E-state index in [1.165, 1.54) is 0 Å². The monoisotopic (exact) mass is 214 g/mol. The van der Waals surface area contributed by atoms with Crippen molar-refractivity contribution in [1.29, 1.82) is 0 Å². The van der Waals surface area contributed by atoms with Gasteiger partial charge in [-0.3, -0.25) is 4.79 Å². The quantitative estimate of drug-likeness (QED) is 0.628. The molecule has 0 spiro atoms. The molecule has 1 fully saturated rings. The third-order valence-corrected chi connectivity index (χ3v) is 2.74. The molecule has 1 rings (SSSR count). The van der Waals surface area contributed by atoms with E-state index in [0.717, 1.165) is 25.8 Å². The zero-order valence-corrected chi connectivity index (χ0v) is 9.75. The van der Waals surface area contributed by atoms with E-state index < -0.39 is 5.60 Å². The van der Waals surface area contributed by atoms with E-state index in [4.69, 9.17) is 0 Å². The number of carbonyl (C=O) groups is 1. The van der Waals surface area contributed by atoms with Crippen molar-refractivity contribution in [3.63, 3.8) is 0 Å². The van der Waals surface area contributed by atoms with E-state index in [1.54, 1.807) is 4.90 Å². The molecule has 15 heavy (non-hydrogen) atoms. The van der Waals surface area contributed by atoms with Gasteiger partial charge in [-0.05, 0) is 19.4 Å². The Balaban J connectivity index is 2.17. The number of nitrogens with one attached hydrogen (secondary N) is 1. The number of hydrogen-bond donors (Lipinski definition) is 2. The van der Waals surface area contributed by atoms with Crippen LogP contribution < -0.4 is 5.32 Å². The maximum absolute atomic E-state index is 11.5. The minimum atomic E-state index is -0.602. The third-order valence-electron chi connectivity index (χ3n) is 2.74. The Kier molecular flexibility index (Phi) is 4.54. The average molecular weight is 214 g/mol. The lowest BCUT2D eigenvalue weighted by Gasteiger charge is -2.46. The largest absolute Gasteiger partial charge is 0.386 e. The Bertz CT molecular complexity index is 213. The van der Waals surface area contributed by atoms with Gasteiger partial charge < -0.3 is 15.3 Å². The molecular formula is C11H22N2O2. The highest BCUT2D eigenvalue weighted by molar-refractivity contribution is 5.79. The van der Waals surface area contributed by atoms with E-state index in [2.05, 4.69) is 12.2 Å². The van der Waals surface area contributed by atoms with Crippen LogP contribution in [0.25, 0.3) is 0 Å². The van der Waals surface area contributed by atoms with Crippen molar-refractivity contribution in [2.24, 2.45) is 0 Å². The molecule has 1 heterocycles. The van der Waals surface area contributed by atoms with Crippen LogP contribution in [0.2, 0.25) is 0 Å². The molecule has 0 atom stereocenters. The Morgan fingerprint density at radius 1 is 1.40 bits per heavy atom. The first-order chi connectivity index (χ1) is 7.11. The van der Waals surface area contributed by atoms with Crippen LogP contribution in [0.3, 0.4) is 0 Å². The van der Waals surface area contributed by atoms with E-state index in [-0.39, 0.29) is 5.91 Å². The summed E-state index contributed by atoms with van der Waals surface area (Å²) in [6, 6.07) is 0. The van der Waals surface area contributed by atoms with Crippen LogP contribution in [-0.2, 0) is 4.79 Å². The van der Waals surface area contributed by atoms with E-state index in [9.17, 15) is 9.90 Å². The minimum Gasteiger partial charge on any atom is -0.386 e. The maximum atomic E-state index is 11.5. The van der Waals surface area contributed by atoms with E-state index in [1.807, 2.05) is 6.92 Å². The van der Waals surface area contributed by atoms with Crippen molar-refractivity contribution in [2.45, 2.75) is 38.7 Å². The van der Waals surface area contributed by atoms with Gasteiger partial charge in [0.1, 0.15) is 0 Å². The molecule has 0 saturated carbocycles. The van der Waals surface area contributed by atoms with Gasteiger partial charge in [0.05, 0.1) is 25.2 Å². The first-order valence-electron chi connectivity index (χ1n) is 5.82. The van der Waals surface area contributed by atoms with Gasteiger partial charge in [0, 0.05) is 0 Å². The van der Waals surface area contributed by atoms with Crippen LogP contribution in [0.1, 0.15) is 33.1 Å². The van der Waals surface area contributed by atoms with Crippen molar-refractivity contribution < 1.29 is 9.90 Å². The number of nitrogens with zero attached hydrogens (tertiary/aromatic N) is 1. The molecule has 4 nitrogen and oxygen atoms in total. The highest BCUT2D eigenvalue weighted by Crippen LogP contribution is 2.25. The molecule has 0 unspecified atom stereocenters. The van der Waals surface area contributed by atoms with Crippen LogP contribution in [0.15, 0.2) is 0 Å². The molecule has 0 aromatic carbocycles. The van der Waals surface area contributed by atoms with Crippen LogP contribution in [-0.4, -0.2) is 47.7 Å². The molecule has 88 valence electrons. The van der Waals surface area contributed by atoms with Gasteiger partial charge in [-0.1, -0.05) is 20.3 Å². The van der Waals surface area contributed by atoms with Crippen molar-refractivity contribution in [3.05, 3.63) is 0 Å². The number of β-amino-alcohol motifs (C(OH)–C–C–N with tert-alkyl or cyclic N) is 1. The van der Waals surface area contributed by atoms with Gasteiger partial charge in [-0.15, -0.1) is 0 Å². The second-order valence-corrected chi connectivity index (χ2v) is 4.40. The Hall–Kier alpha value is -0.610. The summed E-state index contributed by atoms with van der Waals surface area (Å²) in [7, 11) is 0.